The van der Waals surface area contributed by atoms with Crippen LogP contribution in [-0.2, 0) is 4.79 Å². The van der Waals surface area contributed by atoms with Crippen molar-refractivity contribution in [1.29, 1.82) is 0 Å². The van der Waals surface area contributed by atoms with Gasteiger partial charge in [-0.1, -0.05) is 0 Å². The molecule has 0 atom stereocenters. The molecule has 32 valence electrons. The molecule has 0 unspecified atom stereocenters. The summed E-state index contributed by atoms with van der Waals surface area (Å²) in [4.78, 5) is 10.9. The van der Waals surface area contributed by atoms with E-state index in [9.17, 15) is 4.79 Å². The van der Waals surface area contributed by atoms with Crippen LogP contribution in [0.1, 0.15) is 1.43 Å². The zero-order valence-corrected chi connectivity index (χ0v) is 4.43. The van der Waals surface area contributed by atoms with E-state index < -0.39 is 0 Å². The molecule has 0 N–H and O–H groups in total. The first-order valence-corrected chi connectivity index (χ1v) is 1.39. The number of nitrogens with zero attached hydrogens (tertiary/aromatic N) is 1. The molecule has 0 aliphatic rings. The van der Waals surface area contributed by atoms with Crippen molar-refractivity contribution in [3.8, 4) is 0 Å². The number of amides is 1. The molecule has 0 saturated heterocycles. The van der Waals surface area contributed by atoms with Gasteiger partial charge in [-0.25, -0.2) is 0 Å². The van der Waals surface area contributed by atoms with Crippen molar-refractivity contribution in [2.24, 2.45) is 0 Å². The SMILES string of the molecule is CN(C)C=O.[H-].[Li+]. The van der Waals surface area contributed by atoms with Crippen molar-refractivity contribution in [3.63, 3.8) is 0 Å². The molecule has 0 saturated carbocycles. The topological polar surface area (TPSA) is 20.3 Å². The zero-order valence-electron chi connectivity index (χ0n) is 5.43. The Labute approximate surface area is 51.2 Å². The molecular weight excluding hydrogens is 73.0 g/mol. The van der Waals surface area contributed by atoms with E-state index >= 15 is 0 Å². The Balaban J connectivity index is -0.0000000800. The smallest absolute Gasteiger partial charge is 1.00 e. The first-order valence-electron chi connectivity index (χ1n) is 1.39. The molecule has 0 rings (SSSR count). The van der Waals surface area contributed by atoms with Gasteiger partial charge in [0, 0.05) is 14.1 Å². The van der Waals surface area contributed by atoms with E-state index in [0.717, 1.165) is 6.41 Å². The van der Waals surface area contributed by atoms with E-state index in [4.69, 9.17) is 0 Å². The van der Waals surface area contributed by atoms with Gasteiger partial charge in [-0.05, 0) is 0 Å². The van der Waals surface area contributed by atoms with Gasteiger partial charge in [0.15, 0.2) is 0 Å². The second-order valence-corrected chi connectivity index (χ2v) is 1.07. The number of carbonyl (C=O) groups excluding carboxylic acids is 1. The predicted octanol–water partition coefficient (Wildman–Crippen LogP) is -3.18. The molecular formula is C3H8LiNO. The summed E-state index contributed by atoms with van der Waals surface area (Å²) < 4.78 is 0. The van der Waals surface area contributed by atoms with Crippen molar-refractivity contribution in [2.45, 2.75) is 0 Å². The van der Waals surface area contributed by atoms with Gasteiger partial charge < -0.3 is 6.33 Å². The summed E-state index contributed by atoms with van der Waals surface area (Å²) in [5.74, 6) is 0. The monoisotopic (exact) mass is 81.1 g/mol. The average molecular weight is 81.0 g/mol. The van der Waals surface area contributed by atoms with Crippen LogP contribution in [0, 0.1) is 0 Å². The third-order valence-electron chi connectivity index (χ3n) is 0.211. The Hall–Kier alpha value is 0.0674. The number of carbonyl (C=O) groups is 1. The largest absolute Gasteiger partial charge is 1.00 e. The second kappa shape index (κ2) is 5.07. The predicted molar refractivity (Wildman–Crippen MR) is 20.9 cm³/mol. The first kappa shape index (κ1) is 9.42. The van der Waals surface area contributed by atoms with Crippen molar-refractivity contribution >= 4 is 6.41 Å². The summed E-state index contributed by atoms with van der Waals surface area (Å²) in [7, 11) is 3.38. The van der Waals surface area contributed by atoms with Gasteiger partial charge in [0.25, 0.3) is 0 Å². The van der Waals surface area contributed by atoms with E-state index in [1.54, 1.807) is 14.1 Å². The maximum atomic E-state index is 9.43. The minimum Gasteiger partial charge on any atom is -1.00 e. The Morgan fingerprint density at radius 2 is 1.83 bits per heavy atom. The molecule has 3 heteroatoms. The molecule has 1 amide bonds. The molecule has 6 heavy (non-hydrogen) atoms. The minimum atomic E-state index is 0. The fraction of sp³-hybridized carbons (Fsp3) is 0.667. The van der Waals surface area contributed by atoms with Gasteiger partial charge in [0.2, 0.25) is 6.41 Å². The van der Waals surface area contributed by atoms with E-state index in [1.807, 2.05) is 0 Å². The summed E-state index contributed by atoms with van der Waals surface area (Å²) in [5.41, 5.74) is 0. The maximum absolute atomic E-state index is 9.43. The standard InChI is InChI=1S/C3H7NO.Li.H/c1-4(2)3-5;;/h3H,1-2H3;;/q;+1;-1. The Morgan fingerprint density at radius 3 is 1.83 bits per heavy atom. The van der Waals surface area contributed by atoms with Gasteiger partial charge in [0.05, 0.1) is 0 Å². The molecule has 0 spiro atoms. The van der Waals surface area contributed by atoms with Crippen LogP contribution >= 0.6 is 0 Å². The van der Waals surface area contributed by atoms with Crippen LogP contribution in [-0.4, -0.2) is 25.4 Å². The molecule has 0 heterocycles. The van der Waals surface area contributed by atoms with Crippen molar-refractivity contribution in [3.05, 3.63) is 0 Å². The van der Waals surface area contributed by atoms with Gasteiger partial charge >= 0.3 is 18.9 Å². The van der Waals surface area contributed by atoms with E-state index in [-0.39, 0.29) is 20.3 Å². The Morgan fingerprint density at radius 1 is 1.67 bits per heavy atom. The van der Waals surface area contributed by atoms with E-state index in [0.29, 0.717) is 0 Å². The molecule has 0 aromatic carbocycles. The number of hydrogen-bond acceptors (Lipinski definition) is 1. The minimum absolute atomic E-state index is 0. The van der Waals surface area contributed by atoms with Crippen LogP contribution in [0.4, 0.5) is 0 Å². The quantitative estimate of drug-likeness (QED) is 0.241. The molecule has 0 aliphatic heterocycles. The maximum Gasteiger partial charge on any atom is 1.00 e. The van der Waals surface area contributed by atoms with Crippen LogP contribution < -0.4 is 18.9 Å². The summed E-state index contributed by atoms with van der Waals surface area (Å²) in [5, 5.41) is 0. The molecule has 0 aromatic rings. The fourth-order valence-corrected chi connectivity index (χ4v) is 0. The summed E-state index contributed by atoms with van der Waals surface area (Å²) in [6.07, 6.45) is 0.750. The van der Waals surface area contributed by atoms with Crippen LogP contribution in [0.5, 0.6) is 0 Å². The zero-order chi connectivity index (χ0) is 4.28. The summed E-state index contributed by atoms with van der Waals surface area (Å²) in [6.45, 7) is 0. The fourth-order valence-electron chi connectivity index (χ4n) is 0. The Bertz CT molecular complexity index is 41.9. The molecule has 0 fully saturated rings. The van der Waals surface area contributed by atoms with Gasteiger partial charge in [-0.15, -0.1) is 0 Å². The van der Waals surface area contributed by atoms with Crippen molar-refractivity contribution in [2.75, 3.05) is 14.1 Å². The first-order chi connectivity index (χ1) is 2.27. The molecule has 0 bridgehead atoms. The van der Waals surface area contributed by atoms with Gasteiger partial charge in [-0.3, -0.25) is 4.79 Å². The van der Waals surface area contributed by atoms with Crippen LogP contribution in [0.3, 0.4) is 0 Å². The van der Waals surface area contributed by atoms with Crippen molar-refractivity contribution in [1.82, 2.24) is 4.90 Å². The van der Waals surface area contributed by atoms with Crippen molar-refractivity contribution < 1.29 is 25.1 Å². The van der Waals surface area contributed by atoms with Crippen LogP contribution in [0.15, 0.2) is 0 Å². The Kier molecular flexibility index (Phi) is 7.95. The third-order valence-corrected chi connectivity index (χ3v) is 0.211. The van der Waals surface area contributed by atoms with Crippen LogP contribution in [0.2, 0.25) is 0 Å². The summed E-state index contributed by atoms with van der Waals surface area (Å²) in [6, 6.07) is 0. The molecule has 0 aliphatic carbocycles. The molecule has 2 nitrogen and oxygen atoms in total. The molecule has 0 radical (unpaired) electrons. The normalized spacial score (nSPS) is 5.67. The summed E-state index contributed by atoms with van der Waals surface area (Å²) >= 11 is 0. The van der Waals surface area contributed by atoms with Gasteiger partial charge in [-0.2, -0.15) is 0 Å². The second-order valence-electron chi connectivity index (χ2n) is 1.07. The molecule has 0 aromatic heterocycles. The van der Waals surface area contributed by atoms with Crippen LogP contribution in [0.25, 0.3) is 0 Å². The van der Waals surface area contributed by atoms with E-state index in [1.165, 1.54) is 4.90 Å². The number of hydrogen-bond donors (Lipinski definition) is 0. The van der Waals surface area contributed by atoms with Gasteiger partial charge in [0.1, 0.15) is 0 Å². The van der Waals surface area contributed by atoms with E-state index in [2.05, 4.69) is 0 Å². The third kappa shape index (κ3) is 8.95. The average Bonchev–Trinajstić information content (AvgIpc) is 1.38. The number of rotatable bonds is 1.